The number of morpholine rings is 1. The molecule has 1 N–H and O–H groups in total. The van der Waals surface area contributed by atoms with Gasteiger partial charge in [-0.25, -0.2) is 9.78 Å². The van der Waals surface area contributed by atoms with Gasteiger partial charge >= 0.3 is 6.03 Å². The van der Waals surface area contributed by atoms with Crippen LogP contribution in [-0.2, 0) is 11.3 Å². The van der Waals surface area contributed by atoms with Gasteiger partial charge in [0.15, 0.2) is 0 Å². The number of benzene rings is 1. The highest BCUT2D eigenvalue weighted by Gasteiger charge is 2.30. The molecule has 158 valence electrons. The Labute approximate surface area is 175 Å². The molecule has 0 bridgehead atoms. The van der Waals surface area contributed by atoms with Gasteiger partial charge in [0.05, 0.1) is 19.8 Å². The van der Waals surface area contributed by atoms with E-state index in [1.807, 2.05) is 30.3 Å². The van der Waals surface area contributed by atoms with Gasteiger partial charge in [0.1, 0.15) is 11.7 Å². The maximum atomic E-state index is 12.9. The Morgan fingerprint density at radius 3 is 2.67 bits per heavy atom. The largest absolute Gasteiger partial charge is 0.472 e. The molecule has 0 spiro atoms. The quantitative estimate of drug-likeness (QED) is 0.814. The number of aromatic nitrogens is 1. The number of hydrogen-bond acceptors (Lipinski definition) is 5. The minimum absolute atomic E-state index is 0.100. The lowest BCUT2D eigenvalue weighted by atomic mass is 10.2. The van der Waals surface area contributed by atoms with Crippen LogP contribution in [0, 0.1) is 0 Å². The average molecular weight is 410 g/mol. The van der Waals surface area contributed by atoms with E-state index < -0.39 is 0 Å². The van der Waals surface area contributed by atoms with Crippen molar-refractivity contribution >= 4 is 11.9 Å². The van der Waals surface area contributed by atoms with E-state index in [1.165, 1.54) is 0 Å². The number of hydrogen-bond donors (Lipinski definition) is 1. The van der Waals surface area contributed by atoms with Crippen molar-refractivity contribution in [2.75, 3.05) is 39.4 Å². The third-order valence-corrected chi connectivity index (χ3v) is 5.30. The van der Waals surface area contributed by atoms with Crippen molar-refractivity contribution < 1.29 is 19.1 Å². The monoisotopic (exact) mass is 410 g/mol. The second-order valence-corrected chi connectivity index (χ2v) is 7.38. The summed E-state index contributed by atoms with van der Waals surface area (Å²) < 4.78 is 11.4. The molecule has 30 heavy (non-hydrogen) atoms. The van der Waals surface area contributed by atoms with E-state index in [-0.39, 0.29) is 18.0 Å². The first-order chi connectivity index (χ1) is 14.7. The van der Waals surface area contributed by atoms with Gasteiger partial charge in [-0.15, -0.1) is 0 Å². The van der Waals surface area contributed by atoms with Crippen molar-refractivity contribution in [2.24, 2.45) is 0 Å². The highest BCUT2D eigenvalue weighted by atomic mass is 16.5. The zero-order valence-corrected chi connectivity index (χ0v) is 16.8. The summed E-state index contributed by atoms with van der Waals surface area (Å²) >= 11 is 0. The normalized spacial score (nSPS) is 18.9. The van der Waals surface area contributed by atoms with Crippen LogP contribution in [0.3, 0.4) is 0 Å². The molecule has 2 fully saturated rings. The minimum atomic E-state index is -0.196. The van der Waals surface area contributed by atoms with Crippen molar-refractivity contribution in [3.05, 3.63) is 59.8 Å². The fourth-order valence-corrected chi connectivity index (χ4v) is 3.64. The second kappa shape index (κ2) is 9.58. The van der Waals surface area contributed by atoms with Crippen molar-refractivity contribution in [3.63, 3.8) is 0 Å². The van der Waals surface area contributed by atoms with Crippen LogP contribution in [-0.4, -0.2) is 72.2 Å². The Kier molecular flexibility index (Phi) is 6.44. The van der Waals surface area contributed by atoms with Gasteiger partial charge in [0, 0.05) is 38.8 Å². The molecule has 0 radical (unpaired) electrons. The van der Waals surface area contributed by atoms with E-state index in [0.29, 0.717) is 63.8 Å². The topological polar surface area (TPSA) is 84.0 Å². The number of ether oxygens (including phenoxy) is 2. The zero-order valence-electron chi connectivity index (χ0n) is 16.8. The number of urea groups is 1. The third kappa shape index (κ3) is 4.88. The lowest BCUT2D eigenvalue weighted by Crippen LogP contribution is -2.41. The summed E-state index contributed by atoms with van der Waals surface area (Å²) in [5.41, 5.74) is 1.50. The van der Waals surface area contributed by atoms with Gasteiger partial charge in [0.25, 0.3) is 5.91 Å². The molecule has 2 aromatic rings. The van der Waals surface area contributed by atoms with Crippen LogP contribution in [0.2, 0.25) is 0 Å². The standard InChI is InChI=1S/C22H26N4O4/c27-21(25-11-13-29-14-12-25)19-7-4-9-23-20(19)30-18-8-10-26(16-18)22(28)24-15-17-5-2-1-3-6-17/h1-7,9,18H,8,10-16H2,(H,24,28). The minimum Gasteiger partial charge on any atom is -0.472 e. The fourth-order valence-electron chi connectivity index (χ4n) is 3.64. The van der Waals surface area contributed by atoms with E-state index in [1.54, 1.807) is 28.1 Å². The number of carbonyl (C=O) groups is 2. The summed E-state index contributed by atoms with van der Waals surface area (Å²) in [5.74, 6) is 0.224. The van der Waals surface area contributed by atoms with Crippen molar-refractivity contribution in [1.29, 1.82) is 0 Å². The molecule has 2 saturated heterocycles. The summed E-state index contributed by atoms with van der Waals surface area (Å²) in [4.78, 5) is 33.1. The predicted octanol–water partition coefficient (Wildman–Crippen LogP) is 1.92. The van der Waals surface area contributed by atoms with Crippen LogP contribution in [0.1, 0.15) is 22.3 Å². The first-order valence-corrected chi connectivity index (χ1v) is 10.3. The molecule has 3 heterocycles. The molecule has 1 unspecified atom stereocenters. The number of nitrogens with zero attached hydrogens (tertiary/aromatic N) is 3. The smallest absolute Gasteiger partial charge is 0.317 e. The first kappa shape index (κ1) is 20.2. The first-order valence-electron chi connectivity index (χ1n) is 10.3. The number of likely N-dealkylation sites (tertiary alicyclic amines) is 1. The van der Waals surface area contributed by atoms with Gasteiger partial charge in [-0.05, 0) is 17.7 Å². The molecule has 1 atom stereocenters. The fraction of sp³-hybridized carbons (Fsp3) is 0.409. The zero-order chi connectivity index (χ0) is 20.8. The number of amides is 3. The van der Waals surface area contributed by atoms with Gasteiger partial charge in [-0.2, -0.15) is 0 Å². The highest BCUT2D eigenvalue weighted by molar-refractivity contribution is 5.96. The molecule has 4 rings (SSSR count). The number of rotatable bonds is 5. The summed E-state index contributed by atoms with van der Waals surface area (Å²) in [7, 11) is 0. The summed E-state index contributed by atoms with van der Waals surface area (Å²) in [6, 6.07) is 13.2. The van der Waals surface area contributed by atoms with Crippen LogP contribution in [0.5, 0.6) is 5.88 Å². The summed E-state index contributed by atoms with van der Waals surface area (Å²) in [5, 5.41) is 2.94. The Hall–Kier alpha value is -3.13. The van der Waals surface area contributed by atoms with E-state index in [9.17, 15) is 9.59 Å². The predicted molar refractivity (Wildman–Crippen MR) is 110 cm³/mol. The molecule has 3 amide bonds. The summed E-state index contributed by atoms with van der Waals surface area (Å²) in [6.07, 6.45) is 2.12. The van der Waals surface area contributed by atoms with Crippen LogP contribution in [0.15, 0.2) is 48.7 Å². The van der Waals surface area contributed by atoms with E-state index in [0.717, 1.165) is 5.56 Å². The number of pyridine rings is 1. The van der Waals surface area contributed by atoms with E-state index >= 15 is 0 Å². The van der Waals surface area contributed by atoms with Crippen LogP contribution >= 0.6 is 0 Å². The van der Waals surface area contributed by atoms with Gasteiger partial charge in [0.2, 0.25) is 5.88 Å². The second-order valence-electron chi connectivity index (χ2n) is 7.38. The number of carbonyl (C=O) groups excluding carboxylic acids is 2. The van der Waals surface area contributed by atoms with Crippen molar-refractivity contribution in [1.82, 2.24) is 20.1 Å². The van der Waals surface area contributed by atoms with Crippen molar-refractivity contribution in [2.45, 2.75) is 19.1 Å². The Balaban J connectivity index is 1.33. The Morgan fingerprint density at radius 1 is 1.07 bits per heavy atom. The molecule has 2 aliphatic heterocycles. The maximum Gasteiger partial charge on any atom is 0.317 e. The molecular weight excluding hydrogens is 384 g/mol. The molecule has 2 aliphatic rings. The maximum absolute atomic E-state index is 12.9. The lowest BCUT2D eigenvalue weighted by Gasteiger charge is -2.27. The Morgan fingerprint density at radius 2 is 1.87 bits per heavy atom. The highest BCUT2D eigenvalue weighted by Crippen LogP contribution is 2.22. The Bertz CT molecular complexity index is 870. The molecular formula is C22H26N4O4. The lowest BCUT2D eigenvalue weighted by molar-refractivity contribution is 0.0298. The van der Waals surface area contributed by atoms with Gasteiger partial charge < -0.3 is 24.6 Å². The number of nitrogens with one attached hydrogen (secondary N) is 1. The van der Waals surface area contributed by atoms with Crippen LogP contribution < -0.4 is 10.1 Å². The molecule has 1 aromatic heterocycles. The molecule has 8 nitrogen and oxygen atoms in total. The van der Waals surface area contributed by atoms with Crippen molar-refractivity contribution in [3.8, 4) is 5.88 Å². The molecule has 0 aliphatic carbocycles. The average Bonchev–Trinajstić information content (AvgIpc) is 3.27. The van der Waals surface area contributed by atoms with E-state index in [4.69, 9.17) is 9.47 Å². The van der Waals surface area contributed by atoms with Gasteiger partial charge in [-0.1, -0.05) is 30.3 Å². The SMILES string of the molecule is O=C(NCc1ccccc1)N1CCC(Oc2ncccc2C(=O)N2CCOCC2)C1. The molecule has 8 heteroatoms. The van der Waals surface area contributed by atoms with E-state index in [2.05, 4.69) is 10.3 Å². The molecule has 1 aromatic carbocycles. The third-order valence-electron chi connectivity index (χ3n) is 5.30. The van der Waals surface area contributed by atoms with Crippen LogP contribution in [0.4, 0.5) is 4.79 Å². The van der Waals surface area contributed by atoms with Gasteiger partial charge in [-0.3, -0.25) is 4.79 Å². The summed E-state index contributed by atoms with van der Waals surface area (Å²) in [6.45, 7) is 3.75. The van der Waals surface area contributed by atoms with Crippen LogP contribution in [0.25, 0.3) is 0 Å². The molecule has 0 saturated carbocycles.